The van der Waals surface area contributed by atoms with Crippen LogP contribution >= 0.6 is 11.8 Å². The Kier molecular flexibility index (Phi) is 4.79. The molecule has 0 radical (unpaired) electrons. The van der Waals surface area contributed by atoms with Crippen LogP contribution in [0, 0.1) is 19.7 Å². The summed E-state index contributed by atoms with van der Waals surface area (Å²) in [5, 5.41) is 2.58. The molecule has 2 aromatic rings. The van der Waals surface area contributed by atoms with Crippen LogP contribution in [0.15, 0.2) is 47.4 Å². The average Bonchev–Trinajstić information content (AvgIpc) is 2.41. The number of amides is 1. The number of aryl methyl sites for hydroxylation is 2. The third-order valence-corrected chi connectivity index (χ3v) is 3.80. The summed E-state index contributed by atoms with van der Waals surface area (Å²) in [4.78, 5) is 12.8. The summed E-state index contributed by atoms with van der Waals surface area (Å²) in [6.07, 6.45) is 0. The molecule has 0 saturated heterocycles. The Morgan fingerprint density at radius 2 is 1.75 bits per heavy atom. The molecule has 0 aliphatic rings. The molecule has 1 amide bonds. The summed E-state index contributed by atoms with van der Waals surface area (Å²) in [7, 11) is 0. The summed E-state index contributed by atoms with van der Waals surface area (Å²) < 4.78 is 13.6. The minimum absolute atomic E-state index is 0.210. The smallest absolute Gasteiger partial charge is 0.234 e. The van der Waals surface area contributed by atoms with E-state index in [9.17, 15) is 9.18 Å². The molecule has 0 aliphatic carbocycles. The van der Waals surface area contributed by atoms with Crippen LogP contribution in [-0.4, -0.2) is 11.7 Å². The van der Waals surface area contributed by atoms with Gasteiger partial charge in [-0.3, -0.25) is 4.79 Å². The zero-order chi connectivity index (χ0) is 14.5. The monoisotopic (exact) mass is 289 g/mol. The minimum atomic E-state index is -0.404. The highest BCUT2D eigenvalue weighted by Gasteiger charge is 2.07. The third-order valence-electron chi connectivity index (χ3n) is 2.79. The second-order valence-corrected chi connectivity index (χ2v) is 5.68. The van der Waals surface area contributed by atoms with Gasteiger partial charge in [0.05, 0.1) is 11.4 Å². The average molecular weight is 289 g/mol. The van der Waals surface area contributed by atoms with Crippen LogP contribution in [0.3, 0.4) is 0 Å². The zero-order valence-electron chi connectivity index (χ0n) is 11.4. The van der Waals surface area contributed by atoms with Crippen LogP contribution < -0.4 is 5.32 Å². The number of carbonyl (C=O) groups is 1. The van der Waals surface area contributed by atoms with Crippen LogP contribution in [0.4, 0.5) is 10.1 Å². The Bertz CT molecular complexity index is 610. The molecule has 1 N–H and O–H groups in total. The van der Waals surface area contributed by atoms with Crippen LogP contribution in [0.5, 0.6) is 0 Å². The van der Waals surface area contributed by atoms with Crippen molar-refractivity contribution in [2.45, 2.75) is 18.7 Å². The standard InChI is InChI=1S/C16H16FNOS/c1-11-3-6-13(7-4-11)20-10-16(19)18-15-8-5-12(2)9-14(15)17/h3-9H,10H2,1-2H3,(H,18,19). The summed E-state index contributed by atoms with van der Waals surface area (Å²) in [6, 6.07) is 12.7. The maximum absolute atomic E-state index is 13.6. The van der Waals surface area contributed by atoms with Crippen molar-refractivity contribution in [3.63, 3.8) is 0 Å². The van der Waals surface area contributed by atoms with E-state index in [0.29, 0.717) is 0 Å². The number of rotatable bonds is 4. The Hall–Kier alpha value is -1.81. The van der Waals surface area contributed by atoms with Gasteiger partial charge in [-0.05, 0) is 43.7 Å². The molecule has 0 heterocycles. The van der Waals surface area contributed by atoms with E-state index >= 15 is 0 Å². The molecule has 0 unspecified atom stereocenters. The number of nitrogens with one attached hydrogen (secondary N) is 1. The molecule has 104 valence electrons. The third kappa shape index (κ3) is 4.10. The highest BCUT2D eigenvalue weighted by Crippen LogP contribution is 2.20. The molecule has 4 heteroatoms. The van der Waals surface area contributed by atoms with Crippen molar-refractivity contribution in [3.8, 4) is 0 Å². The molecule has 2 nitrogen and oxygen atoms in total. The maximum Gasteiger partial charge on any atom is 0.234 e. The zero-order valence-corrected chi connectivity index (χ0v) is 12.3. The van der Waals surface area contributed by atoms with Crippen molar-refractivity contribution < 1.29 is 9.18 Å². The second-order valence-electron chi connectivity index (χ2n) is 4.63. The lowest BCUT2D eigenvalue weighted by molar-refractivity contribution is -0.113. The lowest BCUT2D eigenvalue weighted by atomic mass is 10.2. The molecular formula is C16H16FNOS. The van der Waals surface area contributed by atoms with E-state index in [1.807, 2.05) is 38.1 Å². The predicted molar refractivity (Wildman–Crippen MR) is 81.7 cm³/mol. The lowest BCUT2D eigenvalue weighted by Crippen LogP contribution is -2.15. The Morgan fingerprint density at radius 1 is 1.10 bits per heavy atom. The first-order valence-electron chi connectivity index (χ1n) is 6.30. The highest BCUT2D eigenvalue weighted by atomic mass is 32.2. The number of thioether (sulfide) groups is 1. The van der Waals surface area contributed by atoms with E-state index in [-0.39, 0.29) is 17.3 Å². The highest BCUT2D eigenvalue weighted by molar-refractivity contribution is 8.00. The Labute approximate surface area is 122 Å². The molecule has 0 saturated carbocycles. The van der Waals surface area contributed by atoms with Gasteiger partial charge in [-0.2, -0.15) is 0 Å². The number of hydrogen-bond acceptors (Lipinski definition) is 2. The summed E-state index contributed by atoms with van der Waals surface area (Å²) in [6.45, 7) is 3.82. The molecule has 0 fully saturated rings. The maximum atomic E-state index is 13.6. The van der Waals surface area contributed by atoms with Gasteiger partial charge in [0.2, 0.25) is 5.91 Å². The first-order valence-corrected chi connectivity index (χ1v) is 7.28. The van der Waals surface area contributed by atoms with Gasteiger partial charge < -0.3 is 5.32 Å². The van der Waals surface area contributed by atoms with Gasteiger partial charge in [0, 0.05) is 4.90 Å². The largest absolute Gasteiger partial charge is 0.323 e. The second kappa shape index (κ2) is 6.57. The Balaban J connectivity index is 1.90. The van der Waals surface area contributed by atoms with E-state index in [1.165, 1.54) is 23.4 Å². The molecule has 0 bridgehead atoms. The summed E-state index contributed by atoms with van der Waals surface area (Å²) in [5.74, 6) is -0.354. The van der Waals surface area contributed by atoms with E-state index in [2.05, 4.69) is 5.32 Å². The van der Waals surface area contributed by atoms with Gasteiger partial charge in [-0.25, -0.2) is 4.39 Å². The number of benzene rings is 2. The van der Waals surface area contributed by atoms with E-state index in [0.717, 1.165) is 10.5 Å². The Morgan fingerprint density at radius 3 is 2.40 bits per heavy atom. The van der Waals surface area contributed by atoms with Crippen molar-refractivity contribution in [2.75, 3.05) is 11.1 Å². The van der Waals surface area contributed by atoms with Crippen molar-refractivity contribution >= 4 is 23.4 Å². The predicted octanol–water partition coefficient (Wildman–Crippen LogP) is 4.17. The summed E-state index contributed by atoms with van der Waals surface area (Å²) >= 11 is 1.43. The number of carbonyl (C=O) groups excluding carboxylic acids is 1. The molecule has 20 heavy (non-hydrogen) atoms. The van der Waals surface area contributed by atoms with E-state index in [4.69, 9.17) is 0 Å². The topological polar surface area (TPSA) is 29.1 Å². The van der Waals surface area contributed by atoms with E-state index in [1.54, 1.807) is 12.1 Å². The summed E-state index contributed by atoms with van der Waals surface area (Å²) in [5.41, 5.74) is 2.24. The van der Waals surface area contributed by atoms with Crippen molar-refractivity contribution in [1.29, 1.82) is 0 Å². The molecule has 2 rings (SSSR count). The van der Waals surface area contributed by atoms with Crippen LogP contribution in [0.2, 0.25) is 0 Å². The molecule has 0 aromatic heterocycles. The number of hydrogen-bond donors (Lipinski definition) is 1. The van der Waals surface area contributed by atoms with Gasteiger partial charge in [0.25, 0.3) is 0 Å². The molecule has 2 aromatic carbocycles. The normalized spacial score (nSPS) is 10.3. The van der Waals surface area contributed by atoms with Crippen LogP contribution in [0.25, 0.3) is 0 Å². The minimum Gasteiger partial charge on any atom is -0.323 e. The SMILES string of the molecule is Cc1ccc(SCC(=O)Nc2ccc(C)cc2F)cc1. The molecular weight excluding hydrogens is 273 g/mol. The quantitative estimate of drug-likeness (QED) is 0.856. The molecule has 0 aliphatic heterocycles. The number of halogens is 1. The molecule has 0 spiro atoms. The van der Waals surface area contributed by atoms with Gasteiger partial charge in [0.15, 0.2) is 0 Å². The number of anilines is 1. The first kappa shape index (κ1) is 14.6. The van der Waals surface area contributed by atoms with Crippen LogP contribution in [-0.2, 0) is 4.79 Å². The van der Waals surface area contributed by atoms with Gasteiger partial charge >= 0.3 is 0 Å². The molecule has 0 atom stereocenters. The fourth-order valence-electron chi connectivity index (χ4n) is 1.69. The van der Waals surface area contributed by atoms with Gasteiger partial charge in [0.1, 0.15) is 5.82 Å². The fraction of sp³-hybridized carbons (Fsp3) is 0.188. The first-order chi connectivity index (χ1) is 9.54. The lowest BCUT2D eigenvalue weighted by Gasteiger charge is -2.07. The fourth-order valence-corrected chi connectivity index (χ4v) is 2.39. The van der Waals surface area contributed by atoms with Crippen LogP contribution in [0.1, 0.15) is 11.1 Å². The van der Waals surface area contributed by atoms with Gasteiger partial charge in [-0.15, -0.1) is 11.8 Å². The van der Waals surface area contributed by atoms with Crippen molar-refractivity contribution in [3.05, 3.63) is 59.4 Å². The van der Waals surface area contributed by atoms with Gasteiger partial charge in [-0.1, -0.05) is 23.8 Å². The van der Waals surface area contributed by atoms with Crippen molar-refractivity contribution in [2.24, 2.45) is 0 Å². The van der Waals surface area contributed by atoms with Crippen molar-refractivity contribution in [1.82, 2.24) is 0 Å². The van der Waals surface area contributed by atoms with E-state index < -0.39 is 5.82 Å².